The van der Waals surface area contributed by atoms with Gasteiger partial charge in [-0.15, -0.1) is 0 Å². The van der Waals surface area contributed by atoms with Crippen molar-refractivity contribution in [2.24, 2.45) is 0 Å². The van der Waals surface area contributed by atoms with Crippen LogP contribution in [0.3, 0.4) is 0 Å². The zero-order chi connectivity index (χ0) is 11.6. The third-order valence-corrected chi connectivity index (χ3v) is 2.53. The molecule has 1 atom stereocenters. The van der Waals surface area contributed by atoms with Crippen LogP contribution in [0.1, 0.15) is 18.4 Å². The van der Waals surface area contributed by atoms with Gasteiger partial charge in [-0.05, 0) is 13.0 Å². The van der Waals surface area contributed by atoms with E-state index < -0.39 is 11.9 Å². The van der Waals surface area contributed by atoms with E-state index in [0.29, 0.717) is 5.75 Å². The van der Waals surface area contributed by atoms with Crippen LogP contribution >= 0.6 is 11.6 Å². The van der Waals surface area contributed by atoms with Crippen LogP contribution in [0.2, 0.25) is 5.02 Å². The Balaban J connectivity index is 3.23. The SMILES string of the molecule is COc1ccc(C(C)C(=O)O)c(O)c1Cl. The molecule has 0 spiro atoms. The summed E-state index contributed by atoms with van der Waals surface area (Å²) in [5, 5.41) is 18.5. The number of ether oxygens (including phenoxy) is 1. The molecule has 1 rings (SSSR count). The normalized spacial score (nSPS) is 12.2. The largest absolute Gasteiger partial charge is 0.506 e. The van der Waals surface area contributed by atoms with Gasteiger partial charge < -0.3 is 14.9 Å². The summed E-state index contributed by atoms with van der Waals surface area (Å²) in [6.07, 6.45) is 0. The van der Waals surface area contributed by atoms with Crippen LogP contribution in [0.15, 0.2) is 12.1 Å². The Kier molecular flexibility index (Phi) is 3.42. The van der Waals surface area contributed by atoms with Gasteiger partial charge in [-0.2, -0.15) is 0 Å². The molecule has 0 saturated heterocycles. The molecule has 4 nitrogen and oxygen atoms in total. The molecule has 1 aromatic carbocycles. The van der Waals surface area contributed by atoms with Crippen LogP contribution in [0.4, 0.5) is 0 Å². The lowest BCUT2D eigenvalue weighted by molar-refractivity contribution is -0.138. The fourth-order valence-electron chi connectivity index (χ4n) is 1.20. The maximum Gasteiger partial charge on any atom is 0.310 e. The number of carboxylic acids is 1. The second-order valence-electron chi connectivity index (χ2n) is 3.08. The summed E-state index contributed by atoms with van der Waals surface area (Å²) < 4.78 is 4.88. The van der Waals surface area contributed by atoms with Gasteiger partial charge in [0.15, 0.2) is 0 Å². The highest BCUT2D eigenvalue weighted by Crippen LogP contribution is 2.38. The van der Waals surface area contributed by atoms with E-state index >= 15 is 0 Å². The number of phenolic OH excluding ortho intramolecular Hbond substituents is 1. The molecule has 0 aliphatic rings. The molecule has 0 bridgehead atoms. The summed E-state index contributed by atoms with van der Waals surface area (Å²) in [5.74, 6) is -1.76. The maximum atomic E-state index is 10.7. The summed E-state index contributed by atoms with van der Waals surface area (Å²) >= 11 is 5.78. The molecule has 0 fully saturated rings. The van der Waals surface area contributed by atoms with Crippen molar-refractivity contribution in [1.82, 2.24) is 0 Å². The Morgan fingerprint density at radius 3 is 2.60 bits per heavy atom. The van der Waals surface area contributed by atoms with E-state index in [-0.39, 0.29) is 16.3 Å². The van der Waals surface area contributed by atoms with Crippen molar-refractivity contribution in [2.75, 3.05) is 7.11 Å². The quantitative estimate of drug-likeness (QED) is 0.836. The minimum atomic E-state index is -1.02. The minimum absolute atomic E-state index is 0.0306. The average Bonchev–Trinajstić information content (AvgIpc) is 2.21. The monoisotopic (exact) mass is 230 g/mol. The molecule has 0 aliphatic heterocycles. The van der Waals surface area contributed by atoms with E-state index in [1.54, 1.807) is 0 Å². The van der Waals surface area contributed by atoms with Gasteiger partial charge in [-0.3, -0.25) is 4.79 Å². The topological polar surface area (TPSA) is 66.8 Å². The van der Waals surface area contributed by atoms with E-state index in [2.05, 4.69) is 0 Å². The lowest BCUT2D eigenvalue weighted by Gasteiger charge is -2.12. The van der Waals surface area contributed by atoms with Crippen molar-refractivity contribution in [3.05, 3.63) is 22.7 Å². The molecule has 1 aromatic rings. The summed E-state index contributed by atoms with van der Waals surface area (Å²) in [6, 6.07) is 3.01. The number of aliphatic carboxylic acids is 1. The summed E-state index contributed by atoms with van der Waals surface area (Å²) in [6.45, 7) is 1.47. The number of benzene rings is 1. The second-order valence-corrected chi connectivity index (χ2v) is 3.46. The highest BCUT2D eigenvalue weighted by Gasteiger charge is 2.20. The first kappa shape index (κ1) is 11.7. The van der Waals surface area contributed by atoms with E-state index in [9.17, 15) is 9.90 Å². The average molecular weight is 231 g/mol. The van der Waals surface area contributed by atoms with Crippen LogP contribution in [-0.2, 0) is 4.79 Å². The number of rotatable bonds is 3. The highest BCUT2D eigenvalue weighted by molar-refractivity contribution is 6.33. The van der Waals surface area contributed by atoms with Crippen LogP contribution in [0.25, 0.3) is 0 Å². The number of halogens is 1. The van der Waals surface area contributed by atoms with Crippen molar-refractivity contribution in [2.45, 2.75) is 12.8 Å². The van der Waals surface area contributed by atoms with E-state index in [1.807, 2.05) is 0 Å². The highest BCUT2D eigenvalue weighted by atomic mass is 35.5. The van der Waals surface area contributed by atoms with Crippen molar-refractivity contribution in [3.63, 3.8) is 0 Å². The maximum absolute atomic E-state index is 10.7. The molecule has 0 radical (unpaired) electrons. The fraction of sp³-hybridized carbons (Fsp3) is 0.300. The zero-order valence-electron chi connectivity index (χ0n) is 8.32. The Morgan fingerprint density at radius 2 is 2.13 bits per heavy atom. The molecule has 0 heterocycles. The Labute approximate surface area is 92.1 Å². The minimum Gasteiger partial charge on any atom is -0.506 e. The first-order valence-electron chi connectivity index (χ1n) is 4.27. The molecule has 15 heavy (non-hydrogen) atoms. The Hall–Kier alpha value is -1.42. The van der Waals surface area contributed by atoms with Gasteiger partial charge in [0.2, 0.25) is 0 Å². The van der Waals surface area contributed by atoms with Crippen molar-refractivity contribution in [3.8, 4) is 11.5 Å². The molecule has 0 amide bonds. The summed E-state index contributed by atoms with van der Waals surface area (Å²) in [4.78, 5) is 10.7. The first-order chi connectivity index (χ1) is 6.99. The van der Waals surface area contributed by atoms with Crippen molar-refractivity contribution < 1.29 is 19.7 Å². The Morgan fingerprint density at radius 1 is 1.53 bits per heavy atom. The number of phenols is 1. The van der Waals surface area contributed by atoms with Gasteiger partial charge in [0.05, 0.1) is 13.0 Å². The zero-order valence-corrected chi connectivity index (χ0v) is 9.08. The Bertz CT molecular complexity index is 389. The smallest absolute Gasteiger partial charge is 0.310 e. The van der Waals surface area contributed by atoms with Gasteiger partial charge in [0.1, 0.15) is 16.5 Å². The molecular formula is C10H11ClO4. The van der Waals surface area contributed by atoms with Gasteiger partial charge in [0, 0.05) is 5.56 Å². The first-order valence-corrected chi connectivity index (χ1v) is 4.65. The van der Waals surface area contributed by atoms with Crippen LogP contribution < -0.4 is 4.74 Å². The standard InChI is InChI=1S/C10H11ClO4/c1-5(10(13)14)6-3-4-7(15-2)8(11)9(6)12/h3-5,12H,1-2H3,(H,13,14). The predicted octanol–water partition coefficient (Wildman–Crippen LogP) is 2.24. The van der Waals surface area contributed by atoms with Gasteiger partial charge in [-0.25, -0.2) is 0 Å². The fourth-order valence-corrected chi connectivity index (χ4v) is 1.45. The number of hydrogen-bond donors (Lipinski definition) is 2. The van der Waals surface area contributed by atoms with Crippen LogP contribution in [-0.4, -0.2) is 23.3 Å². The molecule has 1 unspecified atom stereocenters. The van der Waals surface area contributed by atoms with E-state index in [4.69, 9.17) is 21.4 Å². The van der Waals surface area contributed by atoms with Gasteiger partial charge in [0.25, 0.3) is 0 Å². The number of aromatic hydroxyl groups is 1. The van der Waals surface area contributed by atoms with E-state index in [0.717, 1.165) is 0 Å². The third-order valence-electron chi connectivity index (χ3n) is 2.17. The van der Waals surface area contributed by atoms with Gasteiger partial charge in [-0.1, -0.05) is 17.7 Å². The van der Waals surface area contributed by atoms with E-state index in [1.165, 1.54) is 26.2 Å². The number of methoxy groups -OCH3 is 1. The number of carbonyl (C=O) groups is 1. The molecular weight excluding hydrogens is 220 g/mol. The second kappa shape index (κ2) is 4.40. The lowest BCUT2D eigenvalue weighted by Crippen LogP contribution is -2.07. The molecule has 2 N–H and O–H groups in total. The summed E-state index contributed by atoms with van der Waals surface area (Å²) in [7, 11) is 1.42. The van der Waals surface area contributed by atoms with Gasteiger partial charge >= 0.3 is 5.97 Å². The molecule has 82 valence electrons. The molecule has 0 saturated carbocycles. The number of hydrogen-bond acceptors (Lipinski definition) is 3. The van der Waals surface area contributed by atoms with Crippen LogP contribution in [0, 0.1) is 0 Å². The lowest BCUT2D eigenvalue weighted by atomic mass is 10.0. The molecule has 5 heteroatoms. The third kappa shape index (κ3) is 2.15. The van der Waals surface area contributed by atoms with Crippen molar-refractivity contribution >= 4 is 17.6 Å². The number of carboxylic acid groups (broad SMARTS) is 1. The van der Waals surface area contributed by atoms with Crippen LogP contribution in [0.5, 0.6) is 11.5 Å². The predicted molar refractivity (Wildman–Crippen MR) is 55.7 cm³/mol. The molecule has 0 aliphatic carbocycles. The van der Waals surface area contributed by atoms with Crippen molar-refractivity contribution in [1.29, 1.82) is 0 Å². The summed E-state index contributed by atoms with van der Waals surface area (Å²) in [5.41, 5.74) is 0.272. The molecule has 0 aromatic heterocycles.